The van der Waals surface area contributed by atoms with Gasteiger partial charge in [-0.15, -0.1) is 0 Å². The second-order valence-corrected chi connectivity index (χ2v) is 6.75. The van der Waals surface area contributed by atoms with Crippen molar-refractivity contribution in [3.63, 3.8) is 0 Å². The fourth-order valence-corrected chi connectivity index (χ4v) is 3.88. The molecule has 2 nitrogen and oxygen atoms in total. The van der Waals surface area contributed by atoms with Crippen molar-refractivity contribution in [3.05, 3.63) is 0 Å². The molecule has 0 spiro atoms. The van der Waals surface area contributed by atoms with Gasteiger partial charge in [-0.3, -0.25) is 4.79 Å². The van der Waals surface area contributed by atoms with Crippen LogP contribution in [-0.4, -0.2) is 41.3 Å². The average molecular weight is 241 g/mol. The molecule has 0 N–H and O–H groups in total. The number of nitrogens with zero attached hydrogens (tertiary/aromatic N) is 1. The van der Waals surface area contributed by atoms with E-state index < -0.39 is 0 Å². The molecular formula is C13H23NOS. The third-order valence-electron chi connectivity index (χ3n) is 3.73. The van der Waals surface area contributed by atoms with Crippen LogP contribution < -0.4 is 0 Å². The van der Waals surface area contributed by atoms with Gasteiger partial charge >= 0.3 is 0 Å². The molecule has 1 heterocycles. The fourth-order valence-electron chi connectivity index (χ4n) is 2.79. The SMILES string of the molecule is CC1CN(CC2CCCCCC2=O)CCS1. The van der Waals surface area contributed by atoms with E-state index in [0.717, 1.165) is 31.1 Å². The van der Waals surface area contributed by atoms with Crippen molar-refractivity contribution in [2.75, 3.05) is 25.4 Å². The summed E-state index contributed by atoms with van der Waals surface area (Å²) in [5.41, 5.74) is 0. The highest BCUT2D eigenvalue weighted by Crippen LogP contribution is 2.24. The maximum Gasteiger partial charge on any atom is 0.137 e. The molecular weight excluding hydrogens is 218 g/mol. The van der Waals surface area contributed by atoms with Gasteiger partial charge in [0.05, 0.1) is 0 Å². The molecule has 2 rings (SSSR count). The lowest BCUT2D eigenvalue weighted by atomic mass is 9.98. The van der Waals surface area contributed by atoms with E-state index in [1.807, 2.05) is 0 Å². The standard InChI is InChI=1S/C13H23NOS/c1-11-9-14(7-8-16-11)10-12-5-3-2-4-6-13(12)15/h11-12H,2-10H2,1H3. The molecule has 0 aromatic carbocycles. The van der Waals surface area contributed by atoms with Crippen molar-refractivity contribution >= 4 is 17.5 Å². The van der Waals surface area contributed by atoms with E-state index in [0.29, 0.717) is 11.7 Å². The highest BCUT2D eigenvalue weighted by molar-refractivity contribution is 7.99. The molecule has 0 aromatic rings. The van der Waals surface area contributed by atoms with E-state index in [9.17, 15) is 4.79 Å². The second-order valence-electron chi connectivity index (χ2n) is 5.20. The molecule has 0 amide bonds. The number of thioether (sulfide) groups is 1. The van der Waals surface area contributed by atoms with Gasteiger partial charge in [-0.05, 0) is 12.8 Å². The molecule has 0 radical (unpaired) electrons. The van der Waals surface area contributed by atoms with Crippen LogP contribution in [0.4, 0.5) is 0 Å². The van der Waals surface area contributed by atoms with Crippen molar-refractivity contribution in [2.45, 2.75) is 44.3 Å². The maximum absolute atomic E-state index is 11.9. The Bertz CT molecular complexity index is 244. The van der Waals surface area contributed by atoms with Gasteiger partial charge in [0.25, 0.3) is 0 Å². The zero-order valence-corrected chi connectivity index (χ0v) is 11.1. The summed E-state index contributed by atoms with van der Waals surface area (Å²) in [4.78, 5) is 14.4. The van der Waals surface area contributed by atoms with E-state index in [2.05, 4.69) is 23.6 Å². The zero-order valence-electron chi connectivity index (χ0n) is 10.3. The third kappa shape index (κ3) is 3.49. The lowest BCUT2D eigenvalue weighted by molar-refractivity contribution is -0.123. The van der Waals surface area contributed by atoms with Gasteiger partial charge in [0, 0.05) is 43.0 Å². The van der Waals surface area contributed by atoms with Crippen molar-refractivity contribution in [1.29, 1.82) is 0 Å². The van der Waals surface area contributed by atoms with Crippen LogP contribution in [0.3, 0.4) is 0 Å². The van der Waals surface area contributed by atoms with Gasteiger partial charge in [-0.2, -0.15) is 11.8 Å². The van der Waals surface area contributed by atoms with Crippen LogP contribution in [-0.2, 0) is 4.79 Å². The maximum atomic E-state index is 11.9. The van der Waals surface area contributed by atoms with Gasteiger partial charge in [0.1, 0.15) is 5.78 Å². The van der Waals surface area contributed by atoms with E-state index in [-0.39, 0.29) is 0 Å². The first-order valence-corrected chi connectivity index (χ1v) is 7.67. The van der Waals surface area contributed by atoms with Crippen molar-refractivity contribution in [2.24, 2.45) is 5.92 Å². The molecule has 2 atom stereocenters. The molecule has 1 saturated heterocycles. The van der Waals surface area contributed by atoms with Crippen LogP contribution in [0.1, 0.15) is 39.0 Å². The van der Waals surface area contributed by atoms with E-state index >= 15 is 0 Å². The Labute approximate surface area is 103 Å². The Morgan fingerprint density at radius 1 is 1.38 bits per heavy atom. The number of rotatable bonds is 2. The Balaban J connectivity index is 1.84. The van der Waals surface area contributed by atoms with Gasteiger partial charge in [0.2, 0.25) is 0 Å². The monoisotopic (exact) mass is 241 g/mol. The Hall–Kier alpha value is -0.0200. The number of hydrogen-bond donors (Lipinski definition) is 0. The minimum atomic E-state index is 0.345. The Kier molecular flexibility index (Phi) is 4.71. The first-order chi connectivity index (χ1) is 7.75. The van der Waals surface area contributed by atoms with Gasteiger partial charge in [0.15, 0.2) is 0 Å². The summed E-state index contributed by atoms with van der Waals surface area (Å²) in [6.45, 7) is 5.68. The van der Waals surface area contributed by atoms with Crippen LogP contribution in [0.25, 0.3) is 0 Å². The molecule has 2 unspecified atom stereocenters. The summed E-state index contributed by atoms with van der Waals surface area (Å²) in [7, 11) is 0. The smallest absolute Gasteiger partial charge is 0.137 e. The lowest BCUT2D eigenvalue weighted by Gasteiger charge is -2.32. The first kappa shape index (κ1) is 12.4. The number of hydrogen-bond acceptors (Lipinski definition) is 3. The lowest BCUT2D eigenvalue weighted by Crippen LogP contribution is -2.41. The molecule has 1 saturated carbocycles. The molecule has 0 bridgehead atoms. The second kappa shape index (κ2) is 6.06. The quantitative estimate of drug-likeness (QED) is 0.693. The van der Waals surface area contributed by atoms with E-state index in [1.165, 1.54) is 31.7 Å². The molecule has 0 aromatic heterocycles. The summed E-state index contributed by atoms with van der Waals surface area (Å²) in [6, 6.07) is 0. The van der Waals surface area contributed by atoms with Crippen LogP contribution in [0.2, 0.25) is 0 Å². The Morgan fingerprint density at radius 3 is 3.06 bits per heavy atom. The molecule has 2 fully saturated rings. The number of Topliss-reactive ketones (excluding diaryl/α,β-unsaturated/α-hetero) is 1. The largest absolute Gasteiger partial charge is 0.301 e. The van der Waals surface area contributed by atoms with Crippen molar-refractivity contribution in [1.82, 2.24) is 4.90 Å². The number of carbonyl (C=O) groups excluding carboxylic acids is 1. The van der Waals surface area contributed by atoms with Crippen LogP contribution >= 0.6 is 11.8 Å². The molecule has 1 aliphatic heterocycles. The van der Waals surface area contributed by atoms with Crippen molar-refractivity contribution in [3.8, 4) is 0 Å². The van der Waals surface area contributed by atoms with Crippen LogP contribution in [0, 0.1) is 5.92 Å². The van der Waals surface area contributed by atoms with Crippen LogP contribution in [0.5, 0.6) is 0 Å². The van der Waals surface area contributed by atoms with Gasteiger partial charge in [-0.25, -0.2) is 0 Å². The molecule has 2 aliphatic rings. The summed E-state index contributed by atoms with van der Waals surface area (Å²) >= 11 is 2.06. The summed E-state index contributed by atoms with van der Waals surface area (Å²) in [5.74, 6) is 2.11. The highest BCUT2D eigenvalue weighted by Gasteiger charge is 2.25. The first-order valence-electron chi connectivity index (χ1n) is 6.62. The fraction of sp³-hybridized carbons (Fsp3) is 0.923. The average Bonchev–Trinajstić information content (AvgIpc) is 2.45. The van der Waals surface area contributed by atoms with Gasteiger partial charge in [-0.1, -0.05) is 19.8 Å². The number of ketones is 1. The summed E-state index contributed by atoms with van der Waals surface area (Å²) in [5, 5.41) is 0.745. The van der Waals surface area contributed by atoms with Crippen molar-refractivity contribution < 1.29 is 4.79 Å². The zero-order chi connectivity index (χ0) is 11.4. The van der Waals surface area contributed by atoms with E-state index in [1.54, 1.807) is 0 Å². The molecule has 92 valence electrons. The summed E-state index contributed by atoms with van der Waals surface area (Å²) < 4.78 is 0. The molecule has 1 aliphatic carbocycles. The third-order valence-corrected chi connectivity index (χ3v) is 4.87. The minimum Gasteiger partial charge on any atom is -0.301 e. The van der Waals surface area contributed by atoms with E-state index in [4.69, 9.17) is 0 Å². The van der Waals surface area contributed by atoms with Gasteiger partial charge < -0.3 is 4.90 Å². The number of carbonyl (C=O) groups is 1. The van der Waals surface area contributed by atoms with Crippen LogP contribution in [0.15, 0.2) is 0 Å². The summed E-state index contributed by atoms with van der Waals surface area (Å²) in [6.07, 6.45) is 5.62. The predicted molar refractivity (Wildman–Crippen MR) is 69.9 cm³/mol. The molecule has 3 heteroatoms. The normalized spacial score (nSPS) is 33.7. The predicted octanol–water partition coefficient (Wildman–Crippen LogP) is 2.57. The highest BCUT2D eigenvalue weighted by atomic mass is 32.2. The molecule has 16 heavy (non-hydrogen) atoms. The Morgan fingerprint density at radius 2 is 2.25 bits per heavy atom. The topological polar surface area (TPSA) is 20.3 Å². The minimum absolute atomic E-state index is 0.345.